The topological polar surface area (TPSA) is 44.8 Å². The SMILES string of the molecule is O=C(c1cccc(OCCN2CCCC2)c1)N1[C@H](c2ccccc2)C[C@H]2NCCCC[C@@H]21. The summed E-state index contributed by atoms with van der Waals surface area (Å²) < 4.78 is 6.03. The van der Waals surface area contributed by atoms with Crippen LogP contribution in [0, 0.1) is 0 Å². The van der Waals surface area contributed by atoms with E-state index in [1.165, 1.54) is 44.3 Å². The minimum absolute atomic E-state index is 0.115. The molecule has 3 atom stereocenters. The second kappa shape index (κ2) is 10.1. The lowest BCUT2D eigenvalue weighted by atomic mass is 10.0. The summed E-state index contributed by atoms with van der Waals surface area (Å²) >= 11 is 0. The largest absolute Gasteiger partial charge is 0.492 e. The minimum atomic E-state index is 0.115. The van der Waals surface area contributed by atoms with Gasteiger partial charge in [-0.15, -0.1) is 0 Å². The fourth-order valence-corrected chi connectivity index (χ4v) is 5.69. The Labute approximate surface area is 191 Å². The second-order valence-electron chi connectivity index (χ2n) is 9.42. The molecule has 0 spiro atoms. The second-order valence-corrected chi connectivity index (χ2v) is 9.42. The summed E-state index contributed by atoms with van der Waals surface area (Å²) in [5.41, 5.74) is 1.96. The fraction of sp³-hybridized carbons (Fsp3) is 0.519. The van der Waals surface area contributed by atoms with Crippen molar-refractivity contribution >= 4 is 5.91 Å². The van der Waals surface area contributed by atoms with E-state index in [-0.39, 0.29) is 18.0 Å². The zero-order valence-corrected chi connectivity index (χ0v) is 18.9. The maximum atomic E-state index is 13.9. The predicted octanol–water partition coefficient (Wildman–Crippen LogP) is 4.26. The van der Waals surface area contributed by atoms with Crippen molar-refractivity contribution in [2.75, 3.05) is 32.8 Å². The smallest absolute Gasteiger partial charge is 0.254 e. The van der Waals surface area contributed by atoms with Gasteiger partial charge in [0.05, 0.1) is 6.04 Å². The van der Waals surface area contributed by atoms with Crippen molar-refractivity contribution in [1.29, 1.82) is 0 Å². The summed E-state index contributed by atoms with van der Waals surface area (Å²) in [7, 11) is 0. The van der Waals surface area contributed by atoms with Gasteiger partial charge in [0.2, 0.25) is 0 Å². The van der Waals surface area contributed by atoms with E-state index in [9.17, 15) is 4.79 Å². The van der Waals surface area contributed by atoms with E-state index in [0.29, 0.717) is 12.6 Å². The maximum Gasteiger partial charge on any atom is 0.254 e. The summed E-state index contributed by atoms with van der Waals surface area (Å²) in [4.78, 5) is 18.5. The molecule has 0 aliphatic carbocycles. The average molecular weight is 434 g/mol. The third-order valence-electron chi connectivity index (χ3n) is 7.34. The van der Waals surface area contributed by atoms with E-state index in [1.807, 2.05) is 30.3 Å². The van der Waals surface area contributed by atoms with E-state index in [4.69, 9.17) is 4.74 Å². The molecule has 0 saturated carbocycles. The third-order valence-corrected chi connectivity index (χ3v) is 7.34. The van der Waals surface area contributed by atoms with Crippen molar-refractivity contribution in [3.63, 3.8) is 0 Å². The van der Waals surface area contributed by atoms with Gasteiger partial charge < -0.3 is 15.0 Å². The molecule has 2 aromatic carbocycles. The Morgan fingerprint density at radius 1 is 1.00 bits per heavy atom. The summed E-state index contributed by atoms with van der Waals surface area (Å²) in [6, 6.07) is 19.0. The lowest BCUT2D eigenvalue weighted by molar-refractivity contribution is 0.0649. The number of rotatable bonds is 6. The number of hydrogen-bond donors (Lipinski definition) is 1. The monoisotopic (exact) mass is 433 g/mol. The van der Waals surface area contributed by atoms with Gasteiger partial charge in [-0.05, 0) is 75.5 Å². The third kappa shape index (κ3) is 4.69. The molecular formula is C27H35N3O2. The van der Waals surface area contributed by atoms with Crippen molar-refractivity contribution in [3.8, 4) is 5.75 Å². The molecule has 3 heterocycles. The van der Waals surface area contributed by atoms with Crippen LogP contribution < -0.4 is 10.1 Å². The molecule has 0 bridgehead atoms. The lowest BCUT2D eigenvalue weighted by Gasteiger charge is -2.31. The fourth-order valence-electron chi connectivity index (χ4n) is 5.69. The molecule has 2 aromatic rings. The quantitative estimate of drug-likeness (QED) is 0.739. The summed E-state index contributed by atoms with van der Waals surface area (Å²) in [5, 5.41) is 3.72. The molecule has 3 aliphatic rings. The van der Waals surface area contributed by atoms with Crippen LogP contribution >= 0.6 is 0 Å². The predicted molar refractivity (Wildman–Crippen MR) is 127 cm³/mol. The van der Waals surface area contributed by atoms with E-state index < -0.39 is 0 Å². The molecular weight excluding hydrogens is 398 g/mol. The van der Waals surface area contributed by atoms with Gasteiger partial charge in [0.25, 0.3) is 5.91 Å². The van der Waals surface area contributed by atoms with Gasteiger partial charge in [-0.2, -0.15) is 0 Å². The van der Waals surface area contributed by atoms with Crippen molar-refractivity contribution in [2.45, 2.75) is 56.7 Å². The molecule has 32 heavy (non-hydrogen) atoms. The number of nitrogens with zero attached hydrogens (tertiary/aromatic N) is 2. The molecule has 5 nitrogen and oxygen atoms in total. The van der Waals surface area contributed by atoms with E-state index in [1.54, 1.807) is 0 Å². The first-order valence-electron chi connectivity index (χ1n) is 12.4. The number of amides is 1. The van der Waals surface area contributed by atoms with Crippen molar-refractivity contribution in [1.82, 2.24) is 15.1 Å². The van der Waals surface area contributed by atoms with Crippen molar-refractivity contribution in [3.05, 3.63) is 65.7 Å². The Morgan fingerprint density at radius 2 is 1.84 bits per heavy atom. The first-order valence-corrected chi connectivity index (χ1v) is 12.4. The van der Waals surface area contributed by atoms with Crippen LogP contribution in [-0.2, 0) is 0 Å². The number of ether oxygens (including phenoxy) is 1. The Hall–Kier alpha value is -2.37. The van der Waals surface area contributed by atoms with Gasteiger partial charge in [0, 0.05) is 24.2 Å². The first kappa shape index (κ1) is 21.5. The zero-order chi connectivity index (χ0) is 21.8. The Morgan fingerprint density at radius 3 is 2.69 bits per heavy atom. The molecule has 5 rings (SSSR count). The molecule has 3 aliphatic heterocycles. The van der Waals surface area contributed by atoms with Crippen LogP contribution in [0.25, 0.3) is 0 Å². The molecule has 1 N–H and O–H groups in total. The van der Waals surface area contributed by atoms with Crippen LogP contribution in [0.15, 0.2) is 54.6 Å². The highest BCUT2D eigenvalue weighted by atomic mass is 16.5. The first-order chi connectivity index (χ1) is 15.8. The molecule has 0 radical (unpaired) electrons. The number of fused-ring (bicyclic) bond motifs is 1. The van der Waals surface area contributed by atoms with Gasteiger partial charge >= 0.3 is 0 Å². The molecule has 3 fully saturated rings. The molecule has 0 unspecified atom stereocenters. The lowest BCUT2D eigenvalue weighted by Crippen LogP contribution is -2.44. The zero-order valence-electron chi connectivity index (χ0n) is 18.9. The maximum absolute atomic E-state index is 13.9. The Bertz CT molecular complexity index is 897. The van der Waals surface area contributed by atoms with Crippen LogP contribution in [0.1, 0.15) is 60.5 Å². The number of benzene rings is 2. The summed E-state index contributed by atoms with van der Waals surface area (Å²) in [6.45, 7) is 5.02. The molecule has 5 heteroatoms. The van der Waals surface area contributed by atoms with E-state index in [2.05, 4.69) is 39.4 Å². The van der Waals surface area contributed by atoms with Crippen molar-refractivity contribution < 1.29 is 9.53 Å². The van der Waals surface area contributed by atoms with E-state index >= 15 is 0 Å². The van der Waals surface area contributed by atoms with Gasteiger partial charge in [0.15, 0.2) is 0 Å². The number of carbonyl (C=O) groups excluding carboxylic acids is 1. The van der Waals surface area contributed by atoms with Gasteiger partial charge in [-0.1, -0.05) is 42.8 Å². The van der Waals surface area contributed by atoms with Crippen LogP contribution in [-0.4, -0.2) is 60.6 Å². The number of likely N-dealkylation sites (tertiary alicyclic amines) is 2. The highest BCUT2D eigenvalue weighted by molar-refractivity contribution is 5.95. The normalized spacial score (nSPS) is 26.0. The molecule has 170 valence electrons. The number of hydrogen-bond acceptors (Lipinski definition) is 4. The van der Waals surface area contributed by atoms with Crippen LogP contribution in [0.5, 0.6) is 5.75 Å². The standard InChI is InChI=1S/C27H35N3O2/c31-27(22-11-8-12-23(19-22)32-18-17-29-15-6-7-16-29)30-25-13-4-5-14-28-24(25)20-26(30)21-9-2-1-3-10-21/h1-3,8-12,19,24-26,28H,4-7,13-18,20H2/t24-,25+,26+/m1/s1. The van der Waals surface area contributed by atoms with Crippen LogP contribution in [0.2, 0.25) is 0 Å². The highest BCUT2D eigenvalue weighted by Gasteiger charge is 2.44. The average Bonchev–Trinajstić information content (AvgIpc) is 3.42. The van der Waals surface area contributed by atoms with Crippen LogP contribution in [0.3, 0.4) is 0 Å². The summed E-state index contributed by atoms with van der Waals surface area (Å²) in [6.07, 6.45) is 6.98. The van der Waals surface area contributed by atoms with Gasteiger partial charge in [-0.25, -0.2) is 0 Å². The highest BCUT2D eigenvalue weighted by Crippen LogP contribution is 2.40. The minimum Gasteiger partial charge on any atom is -0.492 e. The molecule has 1 amide bonds. The summed E-state index contributed by atoms with van der Waals surface area (Å²) in [5.74, 6) is 0.918. The van der Waals surface area contributed by atoms with Gasteiger partial charge in [0.1, 0.15) is 12.4 Å². The molecule has 3 saturated heterocycles. The van der Waals surface area contributed by atoms with Crippen LogP contribution in [0.4, 0.5) is 0 Å². The number of nitrogens with one attached hydrogen (secondary N) is 1. The van der Waals surface area contributed by atoms with Crippen molar-refractivity contribution in [2.24, 2.45) is 0 Å². The van der Waals surface area contributed by atoms with Gasteiger partial charge in [-0.3, -0.25) is 9.69 Å². The Balaban J connectivity index is 1.34. The van der Waals surface area contributed by atoms with E-state index in [0.717, 1.165) is 37.2 Å². The Kier molecular flexibility index (Phi) is 6.75. The molecule has 0 aromatic heterocycles. The number of carbonyl (C=O) groups is 1.